The number of aromatic amines is 1. The van der Waals surface area contributed by atoms with Gasteiger partial charge in [0.15, 0.2) is 5.82 Å². The summed E-state index contributed by atoms with van der Waals surface area (Å²) in [5.41, 5.74) is 1.95. The summed E-state index contributed by atoms with van der Waals surface area (Å²) in [4.78, 5) is 29.1. The number of para-hydroxylation sites is 2. The van der Waals surface area contributed by atoms with Gasteiger partial charge in [-0.15, -0.1) is 0 Å². The number of amides is 1. The molecule has 29 heavy (non-hydrogen) atoms. The Morgan fingerprint density at radius 1 is 1.21 bits per heavy atom. The van der Waals surface area contributed by atoms with Crippen molar-refractivity contribution in [1.82, 2.24) is 29.9 Å². The first-order chi connectivity index (χ1) is 14.2. The van der Waals surface area contributed by atoms with E-state index in [1.807, 2.05) is 29.2 Å². The largest absolute Gasteiger partial charge is 0.377 e. The Morgan fingerprint density at radius 3 is 2.97 bits per heavy atom. The number of ether oxygens (including phenoxy) is 1. The highest BCUT2D eigenvalue weighted by Crippen LogP contribution is 2.13. The molecule has 154 valence electrons. The number of fused-ring (bicyclic) bond motifs is 1. The van der Waals surface area contributed by atoms with Crippen LogP contribution in [0.3, 0.4) is 0 Å². The molecule has 0 radical (unpaired) electrons. The number of nitrogens with one attached hydrogen (secondary N) is 1. The molecule has 9 nitrogen and oxygen atoms in total. The summed E-state index contributed by atoms with van der Waals surface area (Å²) in [5.74, 6) is 2.17. The Bertz CT molecular complexity index is 920. The molecule has 1 fully saturated rings. The van der Waals surface area contributed by atoms with Crippen molar-refractivity contribution in [2.24, 2.45) is 0 Å². The quantitative estimate of drug-likeness (QED) is 0.647. The minimum absolute atomic E-state index is 0.174. The molecule has 0 aliphatic carbocycles. The van der Waals surface area contributed by atoms with Crippen LogP contribution in [0.5, 0.6) is 0 Å². The number of aryl methyl sites for hydroxylation is 1. The average Bonchev–Trinajstić information content (AvgIpc) is 3.27. The molecule has 0 spiro atoms. The normalized spacial score (nSPS) is 15.7. The first kappa shape index (κ1) is 19.5. The molecule has 0 unspecified atom stereocenters. The number of hydrogen-bond donors (Lipinski definition) is 1. The van der Waals surface area contributed by atoms with Crippen molar-refractivity contribution in [3.8, 4) is 0 Å². The number of nitrogens with zero attached hydrogens (tertiary/aromatic N) is 5. The van der Waals surface area contributed by atoms with E-state index in [9.17, 15) is 4.79 Å². The summed E-state index contributed by atoms with van der Waals surface area (Å²) in [6.45, 7) is 4.11. The van der Waals surface area contributed by atoms with Crippen LogP contribution in [-0.2, 0) is 29.1 Å². The minimum Gasteiger partial charge on any atom is -0.377 e. The zero-order valence-corrected chi connectivity index (χ0v) is 16.6. The molecule has 0 bridgehead atoms. The molecule has 1 amide bonds. The standard InChI is InChI=1S/C20H26N6O3/c1-28-14-18-23-19(29-24-18)13-25-9-4-10-26(12-11-25)20(27)8-7-17-21-15-5-2-3-6-16(15)22-17/h2-3,5-6H,4,7-14H2,1H3,(H,21,22). The maximum atomic E-state index is 12.7. The topological polar surface area (TPSA) is 100 Å². The van der Waals surface area contributed by atoms with Gasteiger partial charge in [-0.05, 0) is 18.6 Å². The molecule has 2 aromatic heterocycles. The van der Waals surface area contributed by atoms with Crippen LogP contribution in [0.2, 0.25) is 0 Å². The Hall–Kier alpha value is -2.78. The summed E-state index contributed by atoms with van der Waals surface area (Å²) >= 11 is 0. The fraction of sp³-hybridized carbons (Fsp3) is 0.500. The highest BCUT2D eigenvalue weighted by atomic mass is 16.5. The van der Waals surface area contributed by atoms with E-state index in [0.29, 0.717) is 44.3 Å². The second kappa shape index (κ2) is 9.15. The van der Waals surface area contributed by atoms with Crippen LogP contribution in [0.1, 0.15) is 30.4 Å². The van der Waals surface area contributed by atoms with E-state index in [1.165, 1.54) is 0 Å². The van der Waals surface area contributed by atoms with Crippen molar-refractivity contribution in [3.05, 3.63) is 41.8 Å². The SMILES string of the molecule is COCc1noc(CN2CCCN(C(=O)CCc3nc4ccccc4[nH]3)CC2)n1. The molecule has 4 rings (SSSR count). The monoisotopic (exact) mass is 398 g/mol. The first-order valence-electron chi connectivity index (χ1n) is 9.95. The van der Waals surface area contributed by atoms with Gasteiger partial charge in [0.1, 0.15) is 12.4 Å². The fourth-order valence-corrected chi connectivity index (χ4v) is 3.62. The van der Waals surface area contributed by atoms with Gasteiger partial charge in [-0.1, -0.05) is 17.3 Å². The lowest BCUT2D eigenvalue weighted by atomic mass is 10.2. The van der Waals surface area contributed by atoms with Gasteiger partial charge in [0.25, 0.3) is 0 Å². The predicted molar refractivity (Wildman–Crippen MR) is 106 cm³/mol. The molecular weight excluding hydrogens is 372 g/mol. The van der Waals surface area contributed by atoms with Crippen molar-refractivity contribution < 1.29 is 14.1 Å². The first-order valence-corrected chi connectivity index (χ1v) is 9.95. The number of carbonyl (C=O) groups excluding carboxylic acids is 1. The lowest BCUT2D eigenvalue weighted by Gasteiger charge is -2.21. The van der Waals surface area contributed by atoms with E-state index in [4.69, 9.17) is 9.26 Å². The lowest BCUT2D eigenvalue weighted by Crippen LogP contribution is -2.35. The number of methoxy groups -OCH3 is 1. The van der Waals surface area contributed by atoms with Gasteiger partial charge >= 0.3 is 0 Å². The van der Waals surface area contributed by atoms with Gasteiger partial charge in [-0.3, -0.25) is 9.69 Å². The number of benzene rings is 1. The molecule has 1 N–H and O–H groups in total. The fourth-order valence-electron chi connectivity index (χ4n) is 3.62. The molecule has 1 saturated heterocycles. The lowest BCUT2D eigenvalue weighted by molar-refractivity contribution is -0.131. The number of carbonyl (C=O) groups is 1. The molecule has 0 saturated carbocycles. The van der Waals surface area contributed by atoms with Crippen molar-refractivity contribution in [2.75, 3.05) is 33.3 Å². The Kier molecular flexibility index (Phi) is 6.16. The smallest absolute Gasteiger partial charge is 0.240 e. The van der Waals surface area contributed by atoms with Crippen molar-refractivity contribution >= 4 is 16.9 Å². The van der Waals surface area contributed by atoms with Crippen LogP contribution in [0.15, 0.2) is 28.8 Å². The van der Waals surface area contributed by atoms with Crippen molar-refractivity contribution in [3.63, 3.8) is 0 Å². The van der Waals surface area contributed by atoms with E-state index in [1.54, 1.807) is 7.11 Å². The summed E-state index contributed by atoms with van der Waals surface area (Å²) in [7, 11) is 1.60. The number of imidazole rings is 1. The van der Waals surface area contributed by atoms with E-state index in [2.05, 4.69) is 25.0 Å². The molecule has 3 aromatic rings. The number of hydrogen-bond acceptors (Lipinski definition) is 7. The van der Waals surface area contributed by atoms with Gasteiger partial charge in [0.2, 0.25) is 11.8 Å². The summed E-state index contributed by atoms with van der Waals surface area (Å²) < 4.78 is 10.3. The van der Waals surface area contributed by atoms with E-state index < -0.39 is 0 Å². The van der Waals surface area contributed by atoms with Crippen LogP contribution in [-0.4, -0.2) is 69.1 Å². The van der Waals surface area contributed by atoms with Gasteiger partial charge in [0.05, 0.1) is 17.6 Å². The van der Waals surface area contributed by atoms with Crippen LogP contribution in [0.25, 0.3) is 11.0 Å². The molecule has 3 heterocycles. The second-order valence-electron chi connectivity index (χ2n) is 7.25. The minimum atomic E-state index is 0.174. The highest BCUT2D eigenvalue weighted by Gasteiger charge is 2.21. The molecule has 1 aromatic carbocycles. The van der Waals surface area contributed by atoms with E-state index >= 15 is 0 Å². The Morgan fingerprint density at radius 2 is 2.10 bits per heavy atom. The number of aromatic nitrogens is 4. The van der Waals surface area contributed by atoms with Crippen LogP contribution in [0.4, 0.5) is 0 Å². The number of rotatable bonds is 7. The van der Waals surface area contributed by atoms with Crippen LogP contribution >= 0.6 is 0 Å². The molecule has 0 atom stereocenters. The maximum absolute atomic E-state index is 12.7. The van der Waals surface area contributed by atoms with E-state index in [0.717, 1.165) is 42.9 Å². The van der Waals surface area contributed by atoms with Gasteiger partial charge in [-0.25, -0.2) is 4.98 Å². The molecule has 9 heteroatoms. The second-order valence-corrected chi connectivity index (χ2v) is 7.25. The molecular formula is C20H26N6O3. The zero-order chi connectivity index (χ0) is 20.1. The maximum Gasteiger partial charge on any atom is 0.240 e. The Labute approximate surface area is 169 Å². The molecule has 1 aliphatic heterocycles. The third kappa shape index (κ3) is 4.99. The van der Waals surface area contributed by atoms with Gasteiger partial charge in [-0.2, -0.15) is 4.98 Å². The number of H-pyrrole nitrogens is 1. The van der Waals surface area contributed by atoms with Crippen LogP contribution < -0.4 is 0 Å². The summed E-state index contributed by atoms with van der Waals surface area (Å²) in [5, 5.41) is 3.90. The predicted octanol–water partition coefficient (Wildman–Crippen LogP) is 1.76. The molecule has 1 aliphatic rings. The van der Waals surface area contributed by atoms with E-state index in [-0.39, 0.29) is 5.91 Å². The summed E-state index contributed by atoms with van der Waals surface area (Å²) in [6.07, 6.45) is 2.01. The third-order valence-corrected chi connectivity index (χ3v) is 5.10. The summed E-state index contributed by atoms with van der Waals surface area (Å²) in [6, 6.07) is 7.92. The zero-order valence-electron chi connectivity index (χ0n) is 16.6. The van der Waals surface area contributed by atoms with Gasteiger partial charge < -0.3 is 19.1 Å². The van der Waals surface area contributed by atoms with Crippen LogP contribution in [0, 0.1) is 0 Å². The van der Waals surface area contributed by atoms with Crippen molar-refractivity contribution in [1.29, 1.82) is 0 Å². The average molecular weight is 398 g/mol. The van der Waals surface area contributed by atoms with Crippen molar-refractivity contribution in [2.45, 2.75) is 32.4 Å². The Balaban J connectivity index is 1.26. The highest BCUT2D eigenvalue weighted by molar-refractivity contribution is 5.77. The third-order valence-electron chi connectivity index (χ3n) is 5.10. The van der Waals surface area contributed by atoms with Gasteiger partial charge in [0, 0.05) is 46.1 Å².